The molecular formula is C13H18N2O3. The molecule has 1 unspecified atom stereocenters. The van der Waals surface area contributed by atoms with Crippen LogP contribution in [0, 0.1) is 6.92 Å². The Morgan fingerprint density at radius 3 is 2.56 bits per heavy atom. The minimum absolute atomic E-state index is 0.00240. The second kappa shape index (κ2) is 6.16. The summed E-state index contributed by atoms with van der Waals surface area (Å²) in [6.07, 6.45) is 0. The number of hydrogen-bond donors (Lipinski definition) is 3. The topological polar surface area (TPSA) is 78.4 Å². The van der Waals surface area contributed by atoms with E-state index in [0.717, 1.165) is 5.56 Å². The molecule has 0 saturated heterocycles. The number of nitrogens with one attached hydrogen (secondary N) is 2. The third kappa shape index (κ3) is 3.85. The maximum Gasteiger partial charge on any atom is 0.319 e. The SMILES string of the molecule is CC(=O)c1ccc(NC(=O)NC(C)CO)cc1C. The fraction of sp³-hybridized carbons (Fsp3) is 0.385. The highest BCUT2D eigenvalue weighted by Crippen LogP contribution is 2.15. The largest absolute Gasteiger partial charge is 0.394 e. The van der Waals surface area contributed by atoms with Crippen LogP contribution in [0.2, 0.25) is 0 Å². The normalized spacial score (nSPS) is 11.8. The molecule has 0 heterocycles. The first-order valence-corrected chi connectivity index (χ1v) is 5.74. The molecule has 0 spiro atoms. The van der Waals surface area contributed by atoms with Crippen LogP contribution in [0.4, 0.5) is 10.5 Å². The van der Waals surface area contributed by atoms with Crippen LogP contribution in [-0.2, 0) is 0 Å². The van der Waals surface area contributed by atoms with Crippen molar-refractivity contribution in [2.24, 2.45) is 0 Å². The van der Waals surface area contributed by atoms with E-state index in [1.54, 1.807) is 25.1 Å². The van der Waals surface area contributed by atoms with E-state index < -0.39 is 0 Å². The number of ketones is 1. The number of carbonyl (C=O) groups excluding carboxylic acids is 2. The minimum Gasteiger partial charge on any atom is -0.394 e. The lowest BCUT2D eigenvalue weighted by molar-refractivity contribution is 0.101. The molecule has 0 fully saturated rings. The zero-order chi connectivity index (χ0) is 13.7. The van der Waals surface area contributed by atoms with Crippen molar-refractivity contribution < 1.29 is 14.7 Å². The van der Waals surface area contributed by atoms with Crippen molar-refractivity contribution >= 4 is 17.5 Å². The number of urea groups is 1. The third-order valence-corrected chi connectivity index (χ3v) is 2.51. The molecule has 5 heteroatoms. The summed E-state index contributed by atoms with van der Waals surface area (Å²) in [7, 11) is 0. The van der Waals surface area contributed by atoms with Crippen LogP contribution in [0.5, 0.6) is 0 Å². The highest BCUT2D eigenvalue weighted by molar-refractivity contribution is 5.96. The van der Waals surface area contributed by atoms with Crippen LogP contribution in [0.1, 0.15) is 29.8 Å². The molecule has 1 aromatic rings. The molecule has 1 rings (SSSR count). The fourth-order valence-corrected chi connectivity index (χ4v) is 1.57. The van der Waals surface area contributed by atoms with Gasteiger partial charge in [0, 0.05) is 11.3 Å². The standard InChI is InChI=1S/C13H18N2O3/c1-8-6-11(4-5-12(8)10(3)17)15-13(18)14-9(2)7-16/h4-6,9,16H,7H2,1-3H3,(H2,14,15,18). The molecule has 0 bridgehead atoms. The number of rotatable bonds is 4. The monoisotopic (exact) mass is 250 g/mol. The summed E-state index contributed by atoms with van der Waals surface area (Å²) in [5.41, 5.74) is 2.07. The Kier molecular flexibility index (Phi) is 4.85. The Labute approximate surface area is 106 Å². The second-order valence-corrected chi connectivity index (χ2v) is 4.27. The first-order valence-electron chi connectivity index (χ1n) is 5.74. The van der Waals surface area contributed by atoms with Gasteiger partial charge in [-0.15, -0.1) is 0 Å². The van der Waals surface area contributed by atoms with E-state index in [4.69, 9.17) is 5.11 Å². The lowest BCUT2D eigenvalue weighted by Gasteiger charge is -2.12. The van der Waals surface area contributed by atoms with Gasteiger partial charge in [-0.05, 0) is 44.5 Å². The molecule has 0 radical (unpaired) electrons. The summed E-state index contributed by atoms with van der Waals surface area (Å²) in [6.45, 7) is 4.90. The van der Waals surface area contributed by atoms with Crippen LogP contribution in [-0.4, -0.2) is 29.6 Å². The summed E-state index contributed by atoms with van der Waals surface area (Å²) in [6, 6.07) is 4.41. The van der Waals surface area contributed by atoms with E-state index in [-0.39, 0.29) is 24.5 Å². The molecule has 1 atom stereocenters. The van der Waals surface area contributed by atoms with Crippen LogP contribution in [0.15, 0.2) is 18.2 Å². The summed E-state index contributed by atoms with van der Waals surface area (Å²) >= 11 is 0. The zero-order valence-corrected chi connectivity index (χ0v) is 10.8. The summed E-state index contributed by atoms with van der Waals surface area (Å²) in [5.74, 6) is -0.00240. The van der Waals surface area contributed by atoms with Crippen molar-refractivity contribution in [3.8, 4) is 0 Å². The Morgan fingerprint density at radius 1 is 1.39 bits per heavy atom. The van der Waals surface area contributed by atoms with Gasteiger partial charge in [0.2, 0.25) is 0 Å². The molecule has 0 aromatic heterocycles. The average molecular weight is 250 g/mol. The van der Waals surface area contributed by atoms with Gasteiger partial charge in [-0.3, -0.25) is 4.79 Å². The molecule has 0 aliphatic carbocycles. The van der Waals surface area contributed by atoms with Gasteiger partial charge in [-0.2, -0.15) is 0 Å². The molecule has 5 nitrogen and oxygen atoms in total. The number of aryl methyl sites for hydroxylation is 1. The number of anilines is 1. The molecule has 0 saturated carbocycles. The molecule has 18 heavy (non-hydrogen) atoms. The van der Waals surface area contributed by atoms with Crippen LogP contribution < -0.4 is 10.6 Å². The quantitative estimate of drug-likeness (QED) is 0.712. The van der Waals surface area contributed by atoms with E-state index in [0.29, 0.717) is 11.3 Å². The predicted molar refractivity (Wildman–Crippen MR) is 69.9 cm³/mol. The van der Waals surface area contributed by atoms with Gasteiger partial charge in [-0.1, -0.05) is 0 Å². The number of aliphatic hydroxyl groups excluding tert-OH is 1. The van der Waals surface area contributed by atoms with E-state index in [2.05, 4.69) is 10.6 Å². The molecule has 2 amide bonds. The minimum atomic E-state index is -0.383. The van der Waals surface area contributed by atoms with Gasteiger partial charge in [0.25, 0.3) is 0 Å². The van der Waals surface area contributed by atoms with Gasteiger partial charge in [-0.25, -0.2) is 4.79 Å². The number of aliphatic hydroxyl groups is 1. The number of amides is 2. The summed E-state index contributed by atoms with van der Waals surface area (Å²) < 4.78 is 0. The number of Topliss-reactive ketones (excluding diaryl/α,β-unsaturated/α-hetero) is 1. The molecule has 1 aromatic carbocycles. The van der Waals surface area contributed by atoms with E-state index in [1.807, 2.05) is 6.92 Å². The maximum atomic E-state index is 11.5. The fourth-order valence-electron chi connectivity index (χ4n) is 1.57. The van der Waals surface area contributed by atoms with Gasteiger partial charge in [0.05, 0.1) is 12.6 Å². The van der Waals surface area contributed by atoms with Gasteiger partial charge >= 0.3 is 6.03 Å². The van der Waals surface area contributed by atoms with Gasteiger partial charge in [0.1, 0.15) is 0 Å². The summed E-state index contributed by atoms with van der Waals surface area (Å²) in [4.78, 5) is 22.8. The third-order valence-electron chi connectivity index (χ3n) is 2.51. The molecule has 3 N–H and O–H groups in total. The lowest BCUT2D eigenvalue weighted by Crippen LogP contribution is -2.38. The Morgan fingerprint density at radius 2 is 2.06 bits per heavy atom. The highest BCUT2D eigenvalue weighted by Gasteiger charge is 2.08. The Balaban J connectivity index is 2.72. The first-order chi connectivity index (χ1) is 8.43. The summed E-state index contributed by atoms with van der Waals surface area (Å²) in [5, 5.41) is 14.0. The van der Waals surface area contributed by atoms with Crippen molar-refractivity contribution in [2.45, 2.75) is 26.8 Å². The van der Waals surface area contributed by atoms with Crippen molar-refractivity contribution in [1.29, 1.82) is 0 Å². The van der Waals surface area contributed by atoms with Gasteiger partial charge in [0.15, 0.2) is 5.78 Å². The maximum absolute atomic E-state index is 11.5. The first kappa shape index (κ1) is 14.2. The average Bonchev–Trinajstić information content (AvgIpc) is 2.28. The number of hydrogen-bond acceptors (Lipinski definition) is 3. The molecule has 98 valence electrons. The highest BCUT2D eigenvalue weighted by atomic mass is 16.3. The Bertz CT molecular complexity index is 458. The van der Waals surface area contributed by atoms with Crippen molar-refractivity contribution in [3.05, 3.63) is 29.3 Å². The van der Waals surface area contributed by atoms with Crippen LogP contribution in [0.25, 0.3) is 0 Å². The van der Waals surface area contributed by atoms with Crippen molar-refractivity contribution in [3.63, 3.8) is 0 Å². The molecule has 0 aliphatic heterocycles. The molecular weight excluding hydrogens is 232 g/mol. The number of benzene rings is 1. The van der Waals surface area contributed by atoms with Crippen LogP contribution in [0.3, 0.4) is 0 Å². The smallest absolute Gasteiger partial charge is 0.319 e. The second-order valence-electron chi connectivity index (χ2n) is 4.27. The van der Waals surface area contributed by atoms with E-state index >= 15 is 0 Å². The van der Waals surface area contributed by atoms with E-state index in [9.17, 15) is 9.59 Å². The van der Waals surface area contributed by atoms with Gasteiger partial charge < -0.3 is 15.7 Å². The zero-order valence-electron chi connectivity index (χ0n) is 10.8. The van der Waals surface area contributed by atoms with Crippen molar-refractivity contribution in [1.82, 2.24) is 5.32 Å². The number of carbonyl (C=O) groups is 2. The van der Waals surface area contributed by atoms with E-state index in [1.165, 1.54) is 6.92 Å². The molecule has 0 aliphatic rings. The van der Waals surface area contributed by atoms with Crippen molar-refractivity contribution in [2.75, 3.05) is 11.9 Å². The Hall–Kier alpha value is -1.88. The predicted octanol–water partition coefficient (Wildman–Crippen LogP) is 1.70. The lowest BCUT2D eigenvalue weighted by atomic mass is 10.1. The van der Waals surface area contributed by atoms with Crippen LogP contribution >= 0.6 is 0 Å².